The first-order valence-electron chi connectivity index (χ1n) is 22.9. The van der Waals surface area contributed by atoms with Gasteiger partial charge in [0, 0.05) is 0 Å². The molecular formula is C46H90Br2N2. The number of nitrogens with zero attached hydrogens (tertiary/aromatic N) is 2. The molecule has 2 fully saturated rings. The number of piperidine rings is 2. The van der Waals surface area contributed by atoms with Crippen molar-refractivity contribution in [2.45, 2.75) is 232 Å². The average molecular weight is 831 g/mol. The quantitative estimate of drug-likeness (QED) is 0.0367. The minimum absolute atomic E-state index is 0. The predicted molar refractivity (Wildman–Crippen MR) is 216 cm³/mol. The Hall–Kier alpha value is 0.440. The van der Waals surface area contributed by atoms with E-state index >= 15 is 0 Å². The van der Waals surface area contributed by atoms with Crippen molar-refractivity contribution in [2.75, 3.05) is 52.4 Å². The zero-order valence-electron chi connectivity index (χ0n) is 34.3. The van der Waals surface area contributed by atoms with Crippen LogP contribution in [-0.4, -0.2) is 61.3 Å². The van der Waals surface area contributed by atoms with Crippen molar-refractivity contribution in [3.05, 3.63) is 0 Å². The molecule has 0 bridgehead atoms. The summed E-state index contributed by atoms with van der Waals surface area (Å²) in [4.78, 5) is 0. The molecule has 2 nitrogen and oxygen atoms in total. The number of rotatable bonds is 32. The van der Waals surface area contributed by atoms with Crippen molar-refractivity contribution in [1.29, 1.82) is 0 Å². The maximum Gasteiger partial charge on any atom is 0.141 e. The monoisotopic (exact) mass is 829 g/mol. The van der Waals surface area contributed by atoms with Gasteiger partial charge in [-0.25, -0.2) is 0 Å². The molecule has 2 aliphatic rings. The van der Waals surface area contributed by atoms with Crippen LogP contribution in [0, 0.1) is 11.8 Å². The number of unbranched alkanes of at least 4 members (excludes halogenated alkanes) is 26. The number of quaternary nitrogens is 2. The second kappa shape index (κ2) is 36.4. The molecule has 0 aromatic rings. The van der Waals surface area contributed by atoms with E-state index in [-0.39, 0.29) is 34.0 Å². The highest BCUT2D eigenvalue weighted by Crippen LogP contribution is 2.23. The van der Waals surface area contributed by atoms with Gasteiger partial charge in [0.1, 0.15) is 13.1 Å². The summed E-state index contributed by atoms with van der Waals surface area (Å²) in [6, 6.07) is 0. The summed E-state index contributed by atoms with van der Waals surface area (Å²) >= 11 is 0. The maximum atomic E-state index is 3.83. The lowest BCUT2D eigenvalue weighted by Crippen LogP contribution is -3.00. The second-order valence-corrected chi connectivity index (χ2v) is 17.0. The van der Waals surface area contributed by atoms with E-state index < -0.39 is 0 Å². The van der Waals surface area contributed by atoms with Crippen molar-refractivity contribution < 1.29 is 42.9 Å². The first-order chi connectivity index (χ1) is 23.7. The van der Waals surface area contributed by atoms with Crippen molar-refractivity contribution >= 4 is 0 Å². The Morgan fingerprint density at radius 3 is 0.760 bits per heavy atom. The fourth-order valence-electron chi connectivity index (χ4n) is 9.02. The third-order valence-electron chi connectivity index (χ3n) is 12.5. The van der Waals surface area contributed by atoms with E-state index in [2.05, 4.69) is 25.7 Å². The summed E-state index contributed by atoms with van der Waals surface area (Å²) in [7, 11) is 0. The molecule has 0 unspecified atom stereocenters. The van der Waals surface area contributed by atoms with Gasteiger partial charge in [0.15, 0.2) is 0 Å². The standard InChI is InChI=1S/C46H90N2.2BrH/c1-3-5-7-9-11-13-15-17-19-21-23-25-27-31-39-47(41-33-29-34-42-47)45-37-38-46-48(43-35-30-36-44-48)40-32-28-26-24-22-20-18-16-14-12-10-8-6-4-2;;/h3-36,39-46H2,1-2H3;2*1H/q+2;;/p-2. The third kappa shape index (κ3) is 27.1. The van der Waals surface area contributed by atoms with Gasteiger partial charge in [0.2, 0.25) is 0 Å². The lowest BCUT2D eigenvalue weighted by molar-refractivity contribution is -0.927. The molecule has 0 spiro atoms. The summed E-state index contributed by atoms with van der Waals surface area (Å²) in [5.41, 5.74) is 0. The fraction of sp³-hybridized carbons (Fsp3) is 0.957. The van der Waals surface area contributed by atoms with Gasteiger partial charge in [-0.15, -0.1) is 0 Å². The number of hydrogen-bond donors (Lipinski definition) is 0. The Kier molecular flexibility index (Phi) is 36.7. The molecule has 0 atom stereocenters. The maximum absolute atomic E-state index is 3.83. The number of halogens is 2. The molecule has 298 valence electrons. The van der Waals surface area contributed by atoms with Crippen LogP contribution in [0.4, 0.5) is 0 Å². The van der Waals surface area contributed by atoms with E-state index in [1.165, 1.54) is 267 Å². The van der Waals surface area contributed by atoms with Crippen LogP contribution in [0.15, 0.2) is 0 Å². The van der Waals surface area contributed by atoms with Crippen molar-refractivity contribution in [3.8, 4) is 11.8 Å². The van der Waals surface area contributed by atoms with E-state index in [9.17, 15) is 0 Å². The van der Waals surface area contributed by atoms with Crippen molar-refractivity contribution in [3.63, 3.8) is 0 Å². The fourth-order valence-corrected chi connectivity index (χ4v) is 9.02. The summed E-state index contributed by atoms with van der Waals surface area (Å²) in [6.07, 6.45) is 49.4. The van der Waals surface area contributed by atoms with E-state index in [4.69, 9.17) is 0 Å². The largest absolute Gasteiger partial charge is 1.00 e. The van der Waals surface area contributed by atoms with E-state index in [1.807, 2.05) is 0 Å². The van der Waals surface area contributed by atoms with Crippen LogP contribution in [0.5, 0.6) is 0 Å². The topological polar surface area (TPSA) is 0 Å². The molecule has 2 aliphatic heterocycles. The molecule has 0 saturated carbocycles. The molecule has 0 aliphatic carbocycles. The van der Waals surface area contributed by atoms with E-state index in [0.717, 1.165) is 13.1 Å². The first kappa shape index (κ1) is 50.4. The van der Waals surface area contributed by atoms with Gasteiger partial charge in [-0.05, 0) is 76.0 Å². The minimum Gasteiger partial charge on any atom is -1.00 e. The van der Waals surface area contributed by atoms with E-state index in [0.29, 0.717) is 0 Å². The molecule has 0 aromatic heterocycles. The zero-order chi connectivity index (χ0) is 34.1. The van der Waals surface area contributed by atoms with Crippen LogP contribution < -0.4 is 34.0 Å². The van der Waals surface area contributed by atoms with Gasteiger partial charge in [0.05, 0.1) is 39.3 Å². The Morgan fingerprint density at radius 2 is 0.520 bits per heavy atom. The Balaban J connectivity index is 0.0000120. The van der Waals surface area contributed by atoms with Crippen LogP contribution in [0.1, 0.15) is 232 Å². The third-order valence-corrected chi connectivity index (χ3v) is 12.5. The summed E-state index contributed by atoms with van der Waals surface area (Å²) < 4.78 is 2.65. The molecule has 2 heterocycles. The van der Waals surface area contributed by atoms with Crippen molar-refractivity contribution in [2.24, 2.45) is 0 Å². The molecular weight excluding hydrogens is 740 g/mol. The summed E-state index contributed by atoms with van der Waals surface area (Å²) in [5.74, 6) is 7.65. The number of hydrogen-bond acceptors (Lipinski definition) is 0. The molecule has 0 N–H and O–H groups in total. The summed E-state index contributed by atoms with van der Waals surface area (Å²) in [5, 5.41) is 0. The van der Waals surface area contributed by atoms with Crippen LogP contribution in [0.3, 0.4) is 0 Å². The molecule has 2 saturated heterocycles. The smallest absolute Gasteiger partial charge is 0.141 e. The van der Waals surface area contributed by atoms with Crippen LogP contribution in [0.25, 0.3) is 0 Å². The first-order valence-corrected chi connectivity index (χ1v) is 22.9. The van der Waals surface area contributed by atoms with Gasteiger partial charge in [0.25, 0.3) is 0 Å². The second-order valence-electron chi connectivity index (χ2n) is 17.0. The van der Waals surface area contributed by atoms with Crippen LogP contribution in [0.2, 0.25) is 0 Å². The highest BCUT2D eigenvalue weighted by molar-refractivity contribution is 5.00. The van der Waals surface area contributed by atoms with Crippen molar-refractivity contribution in [1.82, 2.24) is 0 Å². The average Bonchev–Trinajstić information content (AvgIpc) is 3.11. The van der Waals surface area contributed by atoms with Gasteiger partial charge in [-0.3, -0.25) is 0 Å². The highest BCUT2D eigenvalue weighted by atomic mass is 79.9. The summed E-state index contributed by atoms with van der Waals surface area (Å²) in [6.45, 7) is 15.3. The minimum atomic E-state index is 0. The molecule has 0 radical (unpaired) electrons. The lowest BCUT2D eigenvalue weighted by atomic mass is 10.0. The van der Waals surface area contributed by atoms with Crippen LogP contribution in [-0.2, 0) is 0 Å². The molecule has 0 aromatic carbocycles. The molecule has 4 heteroatoms. The Morgan fingerprint density at radius 1 is 0.300 bits per heavy atom. The Bertz CT molecular complexity index is 687. The SMILES string of the molecule is CCCCCCCCCCCCCCCC[N+]1(CC#CC[N+]2(CCCCCCCCCCCCCCCC)CCCCC2)CCCCC1.[Br-].[Br-]. The lowest BCUT2D eigenvalue weighted by Gasteiger charge is -2.41. The molecule has 50 heavy (non-hydrogen) atoms. The highest BCUT2D eigenvalue weighted by Gasteiger charge is 2.30. The Labute approximate surface area is 337 Å². The van der Waals surface area contributed by atoms with Gasteiger partial charge >= 0.3 is 0 Å². The normalized spacial score (nSPS) is 16.6. The molecule has 0 amide bonds. The number of likely N-dealkylation sites (tertiary alicyclic amines) is 2. The zero-order valence-corrected chi connectivity index (χ0v) is 37.5. The van der Waals surface area contributed by atoms with Gasteiger partial charge in [-0.1, -0.05) is 168 Å². The predicted octanol–water partition coefficient (Wildman–Crippen LogP) is 7.96. The van der Waals surface area contributed by atoms with Gasteiger partial charge in [-0.2, -0.15) is 0 Å². The van der Waals surface area contributed by atoms with Crippen LogP contribution >= 0.6 is 0 Å². The van der Waals surface area contributed by atoms with E-state index in [1.54, 1.807) is 0 Å². The van der Waals surface area contributed by atoms with Gasteiger partial charge < -0.3 is 42.9 Å². The molecule has 2 rings (SSSR count).